The standard InChI is InChI=1S/C17H24O7/c1-16(2)23-14-15(24-16)22-13(12(20)8-18)17(14,10-19)21-9-11-6-4-3-5-7-11/h3-7,12-15,18-20H,8-10H2,1-2H3/t12-,13-,14+,15-,17-/m1/s1. The predicted molar refractivity (Wildman–Crippen MR) is 82.8 cm³/mol. The summed E-state index contributed by atoms with van der Waals surface area (Å²) >= 11 is 0. The van der Waals surface area contributed by atoms with E-state index in [4.69, 9.17) is 18.9 Å². The van der Waals surface area contributed by atoms with Crippen LogP contribution in [-0.2, 0) is 25.6 Å². The summed E-state index contributed by atoms with van der Waals surface area (Å²) in [5.41, 5.74) is -0.430. The van der Waals surface area contributed by atoms with Crippen LogP contribution < -0.4 is 0 Å². The Labute approximate surface area is 140 Å². The van der Waals surface area contributed by atoms with E-state index in [0.717, 1.165) is 5.56 Å². The van der Waals surface area contributed by atoms with E-state index >= 15 is 0 Å². The zero-order valence-corrected chi connectivity index (χ0v) is 13.8. The van der Waals surface area contributed by atoms with Crippen molar-refractivity contribution in [2.45, 2.75) is 56.4 Å². The number of fused-ring (bicyclic) bond motifs is 1. The Morgan fingerprint density at radius 2 is 1.88 bits per heavy atom. The van der Waals surface area contributed by atoms with Crippen molar-refractivity contribution < 1.29 is 34.3 Å². The van der Waals surface area contributed by atoms with Crippen LogP contribution in [0.4, 0.5) is 0 Å². The molecule has 0 radical (unpaired) electrons. The Morgan fingerprint density at radius 3 is 2.50 bits per heavy atom. The van der Waals surface area contributed by atoms with Crippen LogP contribution in [0.2, 0.25) is 0 Å². The van der Waals surface area contributed by atoms with Gasteiger partial charge in [-0.2, -0.15) is 0 Å². The lowest BCUT2D eigenvalue weighted by molar-refractivity contribution is -0.259. The Bertz CT molecular complexity index is 549. The molecule has 0 bridgehead atoms. The lowest BCUT2D eigenvalue weighted by Crippen LogP contribution is -2.58. The first kappa shape index (κ1) is 17.8. The molecule has 24 heavy (non-hydrogen) atoms. The summed E-state index contributed by atoms with van der Waals surface area (Å²) in [6, 6.07) is 9.46. The van der Waals surface area contributed by atoms with Gasteiger partial charge in [0.15, 0.2) is 17.7 Å². The van der Waals surface area contributed by atoms with Crippen LogP contribution in [0.15, 0.2) is 30.3 Å². The van der Waals surface area contributed by atoms with E-state index in [-0.39, 0.29) is 6.61 Å². The molecule has 0 aromatic heterocycles. The molecule has 1 aromatic carbocycles. The normalized spacial score (nSPS) is 35.8. The summed E-state index contributed by atoms with van der Waals surface area (Å²) in [5, 5.41) is 29.5. The van der Waals surface area contributed by atoms with Gasteiger partial charge in [-0.05, 0) is 19.4 Å². The van der Waals surface area contributed by atoms with Gasteiger partial charge in [0.05, 0.1) is 19.8 Å². The number of ether oxygens (including phenoxy) is 4. The fourth-order valence-electron chi connectivity index (χ4n) is 3.28. The van der Waals surface area contributed by atoms with Gasteiger partial charge in [0, 0.05) is 0 Å². The number of rotatable bonds is 6. The second-order valence-corrected chi connectivity index (χ2v) is 6.62. The van der Waals surface area contributed by atoms with Crippen molar-refractivity contribution in [1.82, 2.24) is 0 Å². The minimum Gasteiger partial charge on any atom is -0.394 e. The lowest BCUT2D eigenvalue weighted by atomic mass is 9.89. The summed E-state index contributed by atoms with van der Waals surface area (Å²) in [6.45, 7) is 2.72. The van der Waals surface area contributed by atoms with E-state index in [1.807, 2.05) is 30.3 Å². The van der Waals surface area contributed by atoms with E-state index in [0.29, 0.717) is 0 Å². The van der Waals surface area contributed by atoms with E-state index in [1.54, 1.807) is 13.8 Å². The Balaban J connectivity index is 1.86. The molecule has 2 fully saturated rings. The van der Waals surface area contributed by atoms with E-state index < -0.39 is 49.2 Å². The van der Waals surface area contributed by atoms with Gasteiger partial charge in [-0.3, -0.25) is 0 Å². The third kappa shape index (κ3) is 3.09. The molecule has 3 rings (SSSR count). The topological polar surface area (TPSA) is 97.6 Å². The maximum Gasteiger partial charge on any atom is 0.190 e. The molecule has 5 atom stereocenters. The molecule has 0 aliphatic carbocycles. The van der Waals surface area contributed by atoms with E-state index in [9.17, 15) is 15.3 Å². The van der Waals surface area contributed by atoms with Crippen molar-refractivity contribution in [3.63, 3.8) is 0 Å². The van der Waals surface area contributed by atoms with Crippen LogP contribution >= 0.6 is 0 Å². The largest absolute Gasteiger partial charge is 0.394 e. The summed E-state index contributed by atoms with van der Waals surface area (Å²) < 4.78 is 23.3. The minimum absolute atomic E-state index is 0.201. The molecule has 0 amide bonds. The van der Waals surface area contributed by atoms with Crippen LogP contribution in [0.3, 0.4) is 0 Å². The Kier molecular flexibility index (Phi) is 4.94. The molecule has 134 valence electrons. The molecular formula is C17H24O7. The van der Waals surface area contributed by atoms with Crippen LogP contribution in [-0.4, -0.2) is 64.5 Å². The van der Waals surface area contributed by atoms with Crippen LogP contribution in [0.25, 0.3) is 0 Å². The van der Waals surface area contributed by atoms with Gasteiger partial charge in [-0.25, -0.2) is 0 Å². The van der Waals surface area contributed by atoms with Gasteiger partial charge in [-0.1, -0.05) is 30.3 Å². The fraction of sp³-hybridized carbons (Fsp3) is 0.647. The van der Waals surface area contributed by atoms with Gasteiger partial charge >= 0.3 is 0 Å². The first-order chi connectivity index (χ1) is 11.4. The number of benzene rings is 1. The van der Waals surface area contributed by atoms with Gasteiger partial charge in [0.25, 0.3) is 0 Å². The highest BCUT2D eigenvalue weighted by Gasteiger charge is 2.66. The molecule has 7 heteroatoms. The third-order valence-corrected chi connectivity index (χ3v) is 4.44. The second-order valence-electron chi connectivity index (χ2n) is 6.62. The quantitative estimate of drug-likeness (QED) is 0.679. The maximum absolute atomic E-state index is 10.1. The summed E-state index contributed by atoms with van der Waals surface area (Å²) in [6.07, 6.45) is -3.70. The van der Waals surface area contributed by atoms with Crippen LogP contribution in [0.5, 0.6) is 0 Å². The Hall–Kier alpha value is -1.06. The van der Waals surface area contributed by atoms with Crippen molar-refractivity contribution in [3.8, 4) is 0 Å². The van der Waals surface area contributed by atoms with Crippen molar-refractivity contribution in [2.75, 3.05) is 13.2 Å². The zero-order valence-electron chi connectivity index (χ0n) is 13.8. The molecule has 2 aliphatic rings. The van der Waals surface area contributed by atoms with Gasteiger partial charge < -0.3 is 34.3 Å². The van der Waals surface area contributed by atoms with Crippen LogP contribution in [0, 0.1) is 0 Å². The van der Waals surface area contributed by atoms with Gasteiger partial charge in [0.1, 0.15) is 18.3 Å². The molecule has 2 aliphatic heterocycles. The van der Waals surface area contributed by atoms with Crippen molar-refractivity contribution in [3.05, 3.63) is 35.9 Å². The molecule has 0 spiro atoms. The number of aliphatic hydroxyl groups is 3. The number of aliphatic hydroxyl groups excluding tert-OH is 3. The highest BCUT2D eigenvalue weighted by molar-refractivity contribution is 5.15. The molecule has 0 unspecified atom stereocenters. The highest BCUT2D eigenvalue weighted by atomic mass is 16.8. The monoisotopic (exact) mass is 340 g/mol. The minimum atomic E-state index is -1.34. The molecule has 3 N–H and O–H groups in total. The van der Waals surface area contributed by atoms with Gasteiger partial charge in [-0.15, -0.1) is 0 Å². The average molecular weight is 340 g/mol. The number of hydrogen-bond acceptors (Lipinski definition) is 7. The fourth-order valence-corrected chi connectivity index (χ4v) is 3.28. The molecule has 1 aromatic rings. The highest BCUT2D eigenvalue weighted by Crippen LogP contribution is 2.46. The first-order valence-corrected chi connectivity index (χ1v) is 8.00. The maximum atomic E-state index is 10.1. The van der Waals surface area contributed by atoms with Crippen molar-refractivity contribution in [1.29, 1.82) is 0 Å². The SMILES string of the molecule is CC1(C)O[C@H]2O[C@H]([C@H](O)CO)[C@@](CO)(OCc3ccccc3)[C@H]2O1. The Morgan fingerprint density at radius 1 is 1.17 bits per heavy atom. The smallest absolute Gasteiger partial charge is 0.190 e. The summed E-state index contributed by atoms with van der Waals surface area (Å²) in [7, 11) is 0. The summed E-state index contributed by atoms with van der Waals surface area (Å²) in [5.74, 6) is -0.888. The van der Waals surface area contributed by atoms with E-state index in [1.165, 1.54) is 0 Å². The lowest BCUT2D eigenvalue weighted by Gasteiger charge is -2.38. The molecule has 2 saturated heterocycles. The van der Waals surface area contributed by atoms with E-state index in [2.05, 4.69) is 0 Å². The summed E-state index contributed by atoms with van der Waals surface area (Å²) in [4.78, 5) is 0. The number of hydrogen-bond donors (Lipinski definition) is 3. The van der Waals surface area contributed by atoms with Crippen LogP contribution in [0.1, 0.15) is 19.4 Å². The molecule has 7 nitrogen and oxygen atoms in total. The van der Waals surface area contributed by atoms with Crippen molar-refractivity contribution >= 4 is 0 Å². The molecule has 2 heterocycles. The first-order valence-electron chi connectivity index (χ1n) is 8.00. The predicted octanol–water partition coefficient (Wildman–Crippen LogP) is 0.164. The molecular weight excluding hydrogens is 316 g/mol. The average Bonchev–Trinajstić information content (AvgIpc) is 3.04. The third-order valence-electron chi connectivity index (χ3n) is 4.44. The van der Waals surface area contributed by atoms with Crippen molar-refractivity contribution in [2.24, 2.45) is 0 Å². The molecule has 0 saturated carbocycles. The second kappa shape index (κ2) is 6.68. The zero-order chi connectivity index (χ0) is 17.4. The van der Waals surface area contributed by atoms with Gasteiger partial charge in [0.2, 0.25) is 0 Å².